The first kappa shape index (κ1) is 13.4. The van der Waals surface area contributed by atoms with Gasteiger partial charge in [-0.1, -0.05) is 0 Å². The highest BCUT2D eigenvalue weighted by molar-refractivity contribution is 7.92. The van der Waals surface area contributed by atoms with E-state index in [2.05, 4.69) is 5.32 Å². The lowest BCUT2D eigenvalue weighted by Crippen LogP contribution is -2.32. The second-order valence-electron chi connectivity index (χ2n) is 3.70. The molecule has 1 rings (SSSR count). The standard InChI is InChI=1S/C10H13FN2O3S/c1-6(17(2,15)16)10(14)13-9-5-7(12)3-4-8(9)11/h3-6H,12H2,1-2H3,(H,13,14). The second-order valence-corrected chi connectivity index (χ2v) is 6.07. The van der Waals surface area contributed by atoms with E-state index in [9.17, 15) is 17.6 Å². The molecule has 0 heterocycles. The number of anilines is 2. The van der Waals surface area contributed by atoms with Crippen molar-refractivity contribution in [2.45, 2.75) is 12.2 Å². The number of carbonyl (C=O) groups is 1. The zero-order valence-electron chi connectivity index (χ0n) is 9.40. The zero-order chi connectivity index (χ0) is 13.2. The molecule has 1 aromatic rings. The maximum atomic E-state index is 13.3. The van der Waals surface area contributed by atoms with Gasteiger partial charge in [0.25, 0.3) is 0 Å². The monoisotopic (exact) mass is 260 g/mol. The van der Waals surface area contributed by atoms with Gasteiger partial charge in [-0.25, -0.2) is 12.8 Å². The third kappa shape index (κ3) is 3.42. The minimum Gasteiger partial charge on any atom is -0.399 e. The summed E-state index contributed by atoms with van der Waals surface area (Å²) in [5.41, 5.74) is 5.57. The van der Waals surface area contributed by atoms with E-state index in [1.54, 1.807) is 0 Å². The fourth-order valence-corrected chi connectivity index (χ4v) is 1.52. The van der Waals surface area contributed by atoms with E-state index in [-0.39, 0.29) is 11.4 Å². The van der Waals surface area contributed by atoms with Crippen LogP contribution in [0.2, 0.25) is 0 Å². The summed E-state index contributed by atoms with van der Waals surface area (Å²) in [6.45, 7) is 1.23. The first-order chi connectivity index (χ1) is 7.71. The highest BCUT2D eigenvalue weighted by Gasteiger charge is 2.24. The Kier molecular flexibility index (Phi) is 3.72. The molecule has 0 fully saturated rings. The lowest BCUT2D eigenvalue weighted by molar-refractivity contribution is -0.115. The van der Waals surface area contributed by atoms with Gasteiger partial charge in [-0.05, 0) is 25.1 Å². The Morgan fingerprint density at radius 2 is 2.06 bits per heavy atom. The average Bonchev–Trinajstić information content (AvgIpc) is 2.21. The lowest BCUT2D eigenvalue weighted by atomic mass is 10.2. The Balaban J connectivity index is 2.92. The molecule has 17 heavy (non-hydrogen) atoms. The van der Waals surface area contributed by atoms with Gasteiger partial charge in [0.2, 0.25) is 5.91 Å². The lowest BCUT2D eigenvalue weighted by Gasteiger charge is -2.11. The Labute approximate surface area is 98.7 Å². The quantitative estimate of drug-likeness (QED) is 0.786. The summed E-state index contributed by atoms with van der Waals surface area (Å²) in [6, 6.07) is 3.66. The molecule has 0 aliphatic heterocycles. The number of nitrogen functional groups attached to an aromatic ring is 1. The minimum absolute atomic E-state index is 0.134. The number of rotatable bonds is 3. The zero-order valence-corrected chi connectivity index (χ0v) is 10.2. The molecule has 1 aromatic carbocycles. The van der Waals surface area contributed by atoms with E-state index < -0.39 is 26.8 Å². The van der Waals surface area contributed by atoms with E-state index in [1.807, 2.05) is 0 Å². The van der Waals surface area contributed by atoms with Crippen molar-refractivity contribution in [1.82, 2.24) is 0 Å². The van der Waals surface area contributed by atoms with Crippen LogP contribution in [0.15, 0.2) is 18.2 Å². The van der Waals surface area contributed by atoms with E-state index in [0.717, 1.165) is 12.3 Å². The maximum Gasteiger partial charge on any atom is 0.242 e. The topological polar surface area (TPSA) is 89.3 Å². The summed E-state index contributed by atoms with van der Waals surface area (Å²) >= 11 is 0. The van der Waals surface area contributed by atoms with Crippen LogP contribution in [0.5, 0.6) is 0 Å². The number of carbonyl (C=O) groups excluding carboxylic acids is 1. The van der Waals surface area contributed by atoms with Crippen molar-refractivity contribution in [1.29, 1.82) is 0 Å². The number of sulfone groups is 1. The van der Waals surface area contributed by atoms with Crippen LogP contribution >= 0.6 is 0 Å². The molecule has 0 saturated carbocycles. The highest BCUT2D eigenvalue weighted by atomic mass is 32.2. The Bertz CT molecular complexity index is 542. The predicted molar refractivity (Wildman–Crippen MR) is 63.7 cm³/mol. The normalized spacial score (nSPS) is 13.1. The molecule has 0 radical (unpaired) electrons. The van der Waals surface area contributed by atoms with Gasteiger partial charge in [0, 0.05) is 11.9 Å². The molecular weight excluding hydrogens is 247 g/mol. The van der Waals surface area contributed by atoms with Crippen molar-refractivity contribution < 1.29 is 17.6 Å². The van der Waals surface area contributed by atoms with Crippen molar-refractivity contribution in [3.63, 3.8) is 0 Å². The summed E-state index contributed by atoms with van der Waals surface area (Å²) in [6.07, 6.45) is 0.937. The van der Waals surface area contributed by atoms with E-state index in [1.165, 1.54) is 19.1 Å². The van der Waals surface area contributed by atoms with Gasteiger partial charge in [-0.2, -0.15) is 0 Å². The number of halogens is 1. The van der Waals surface area contributed by atoms with Crippen LogP contribution in [0.3, 0.4) is 0 Å². The molecule has 7 heteroatoms. The summed E-state index contributed by atoms with van der Waals surface area (Å²) < 4.78 is 35.5. The molecule has 3 N–H and O–H groups in total. The SMILES string of the molecule is CC(C(=O)Nc1cc(N)ccc1F)S(C)(=O)=O. The third-order valence-corrected chi connectivity index (χ3v) is 3.76. The summed E-state index contributed by atoms with van der Waals surface area (Å²) in [4.78, 5) is 11.5. The van der Waals surface area contributed by atoms with E-state index in [4.69, 9.17) is 5.73 Å². The molecular formula is C10H13FN2O3S. The molecule has 1 amide bonds. The number of benzene rings is 1. The molecule has 0 spiro atoms. The molecule has 0 aromatic heterocycles. The summed E-state index contributed by atoms with van der Waals surface area (Å²) in [5, 5.41) is 0.937. The highest BCUT2D eigenvalue weighted by Crippen LogP contribution is 2.18. The molecule has 0 bridgehead atoms. The Morgan fingerprint density at radius 1 is 1.47 bits per heavy atom. The van der Waals surface area contributed by atoms with Gasteiger partial charge in [0.1, 0.15) is 11.1 Å². The number of hydrogen-bond donors (Lipinski definition) is 2. The summed E-state index contributed by atoms with van der Waals surface area (Å²) in [7, 11) is -3.51. The third-order valence-electron chi connectivity index (χ3n) is 2.26. The molecule has 0 saturated heterocycles. The smallest absolute Gasteiger partial charge is 0.242 e. The molecule has 1 unspecified atom stereocenters. The molecule has 1 atom stereocenters. The van der Waals surface area contributed by atoms with Crippen LogP contribution in [0.4, 0.5) is 15.8 Å². The molecule has 0 aliphatic carbocycles. The second kappa shape index (κ2) is 4.70. The van der Waals surface area contributed by atoms with Crippen molar-refractivity contribution in [3.8, 4) is 0 Å². The van der Waals surface area contributed by atoms with Crippen LogP contribution in [0.25, 0.3) is 0 Å². The van der Waals surface area contributed by atoms with Crippen LogP contribution in [-0.4, -0.2) is 25.8 Å². The van der Waals surface area contributed by atoms with Crippen LogP contribution in [0, 0.1) is 5.82 Å². The maximum absolute atomic E-state index is 13.3. The van der Waals surface area contributed by atoms with Crippen molar-refractivity contribution in [2.75, 3.05) is 17.3 Å². The van der Waals surface area contributed by atoms with Gasteiger partial charge in [-0.15, -0.1) is 0 Å². The fourth-order valence-electron chi connectivity index (χ4n) is 1.07. The van der Waals surface area contributed by atoms with Crippen molar-refractivity contribution in [3.05, 3.63) is 24.0 Å². The molecule has 5 nitrogen and oxygen atoms in total. The first-order valence-corrected chi connectivity index (χ1v) is 6.72. The predicted octanol–water partition coefficient (Wildman–Crippen LogP) is 0.780. The number of nitrogens with one attached hydrogen (secondary N) is 1. The van der Waals surface area contributed by atoms with Gasteiger partial charge < -0.3 is 11.1 Å². The first-order valence-electron chi connectivity index (χ1n) is 4.76. The Morgan fingerprint density at radius 3 is 2.59 bits per heavy atom. The van der Waals surface area contributed by atoms with Gasteiger partial charge >= 0.3 is 0 Å². The number of nitrogens with two attached hydrogens (primary N) is 1. The molecule has 94 valence electrons. The van der Waals surface area contributed by atoms with Crippen molar-refractivity contribution in [2.24, 2.45) is 0 Å². The van der Waals surface area contributed by atoms with Gasteiger partial charge in [-0.3, -0.25) is 4.79 Å². The Hall–Kier alpha value is -1.63. The van der Waals surface area contributed by atoms with Crippen molar-refractivity contribution >= 4 is 27.1 Å². The van der Waals surface area contributed by atoms with Crippen LogP contribution < -0.4 is 11.1 Å². The minimum atomic E-state index is -3.51. The van der Waals surface area contributed by atoms with Gasteiger partial charge in [0.15, 0.2) is 9.84 Å². The van der Waals surface area contributed by atoms with Crippen LogP contribution in [-0.2, 0) is 14.6 Å². The summed E-state index contributed by atoms with van der Waals surface area (Å²) in [5.74, 6) is -1.47. The molecule has 0 aliphatic rings. The fraction of sp³-hybridized carbons (Fsp3) is 0.300. The van der Waals surface area contributed by atoms with Gasteiger partial charge in [0.05, 0.1) is 5.69 Å². The average molecular weight is 260 g/mol. The van der Waals surface area contributed by atoms with E-state index in [0.29, 0.717) is 0 Å². The van der Waals surface area contributed by atoms with E-state index >= 15 is 0 Å². The van der Waals surface area contributed by atoms with Crippen LogP contribution in [0.1, 0.15) is 6.92 Å². The number of hydrogen-bond acceptors (Lipinski definition) is 4. The largest absolute Gasteiger partial charge is 0.399 e. The number of amides is 1.